The highest BCUT2D eigenvalue weighted by molar-refractivity contribution is 7.85. The quantitative estimate of drug-likeness (QED) is 0.674. The fourth-order valence-electron chi connectivity index (χ4n) is 1.35. The Balaban J connectivity index is 2.42. The lowest BCUT2D eigenvalue weighted by Crippen LogP contribution is -2.36. The van der Waals surface area contributed by atoms with Crippen LogP contribution >= 0.6 is 0 Å². The molecule has 0 aromatic rings. The molecule has 0 bridgehead atoms. The van der Waals surface area contributed by atoms with Crippen molar-refractivity contribution in [1.29, 1.82) is 0 Å². The monoisotopic (exact) mass is 191 g/mol. The highest BCUT2D eigenvalue weighted by Gasteiger charge is 2.20. The zero-order chi connectivity index (χ0) is 8.97. The Bertz CT molecular complexity index is 163. The Morgan fingerprint density at radius 1 is 1.67 bits per heavy atom. The third-order valence-electron chi connectivity index (χ3n) is 2.17. The smallest absolute Gasteiger partial charge is 0.0624 e. The number of hydrogen-bond donors (Lipinski definition) is 1. The van der Waals surface area contributed by atoms with E-state index in [1.807, 2.05) is 6.92 Å². The summed E-state index contributed by atoms with van der Waals surface area (Å²) in [5.74, 6) is 0.731. The van der Waals surface area contributed by atoms with Gasteiger partial charge >= 0.3 is 0 Å². The van der Waals surface area contributed by atoms with Crippen LogP contribution in [0.3, 0.4) is 0 Å². The first-order valence-electron chi connectivity index (χ1n) is 4.33. The molecule has 1 fully saturated rings. The van der Waals surface area contributed by atoms with Crippen molar-refractivity contribution in [2.24, 2.45) is 0 Å². The number of ether oxygens (including phenoxy) is 1. The second-order valence-corrected chi connectivity index (χ2v) is 5.15. The molecule has 1 saturated heterocycles. The molecule has 4 heteroatoms. The molecule has 0 aliphatic carbocycles. The van der Waals surface area contributed by atoms with Gasteiger partial charge in [-0.3, -0.25) is 4.21 Å². The van der Waals surface area contributed by atoms with E-state index in [0.29, 0.717) is 11.9 Å². The lowest BCUT2D eigenvalue weighted by Gasteiger charge is -2.13. The number of methoxy groups -OCH3 is 1. The van der Waals surface area contributed by atoms with Gasteiger partial charge in [0.1, 0.15) is 0 Å². The fourth-order valence-corrected chi connectivity index (χ4v) is 2.67. The van der Waals surface area contributed by atoms with Crippen LogP contribution in [0.25, 0.3) is 0 Å². The average Bonchev–Trinajstić information content (AvgIpc) is 2.16. The van der Waals surface area contributed by atoms with Crippen LogP contribution in [0.15, 0.2) is 0 Å². The topological polar surface area (TPSA) is 38.3 Å². The van der Waals surface area contributed by atoms with Gasteiger partial charge in [-0.2, -0.15) is 0 Å². The van der Waals surface area contributed by atoms with Crippen molar-refractivity contribution in [3.05, 3.63) is 0 Å². The molecule has 1 aliphatic rings. The first-order chi connectivity index (χ1) is 5.74. The Kier molecular flexibility index (Phi) is 4.18. The minimum absolute atomic E-state index is 0.279. The average molecular weight is 191 g/mol. The maximum Gasteiger partial charge on any atom is 0.0624 e. The van der Waals surface area contributed by atoms with Gasteiger partial charge in [0.05, 0.1) is 6.61 Å². The van der Waals surface area contributed by atoms with Gasteiger partial charge in [0.15, 0.2) is 0 Å². The number of rotatable bonds is 2. The molecule has 1 heterocycles. The second kappa shape index (κ2) is 4.94. The van der Waals surface area contributed by atoms with Crippen LogP contribution in [-0.4, -0.2) is 41.5 Å². The summed E-state index contributed by atoms with van der Waals surface area (Å²) in [6, 6.07) is 0.279. The summed E-state index contributed by atoms with van der Waals surface area (Å²) in [4.78, 5) is 0. The second-order valence-electron chi connectivity index (χ2n) is 3.25. The summed E-state index contributed by atoms with van der Waals surface area (Å²) in [5.41, 5.74) is 0. The van der Waals surface area contributed by atoms with Crippen LogP contribution in [0.4, 0.5) is 0 Å². The largest absolute Gasteiger partial charge is 0.383 e. The minimum Gasteiger partial charge on any atom is -0.383 e. The van der Waals surface area contributed by atoms with Crippen molar-refractivity contribution in [2.45, 2.75) is 24.6 Å². The van der Waals surface area contributed by atoms with Crippen molar-refractivity contribution in [2.75, 3.05) is 26.0 Å². The van der Waals surface area contributed by atoms with Gasteiger partial charge in [-0.15, -0.1) is 0 Å². The van der Waals surface area contributed by atoms with Gasteiger partial charge < -0.3 is 10.1 Å². The SMILES string of the molecule is COCC1CS(=O)C(C)CCN1. The molecule has 72 valence electrons. The molecule has 3 unspecified atom stereocenters. The molecule has 3 atom stereocenters. The summed E-state index contributed by atoms with van der Waals surface area (Å²) in [6.07, 6.45) is 1.01. The van der Waals surface area contributed by atoms with E-state index in [0.717, 1.165) is 18.7 Å². The van der Waals surface area contributed by atoms with Crippen LogP contribution in [0.5, 0.6) is 0 Å². The van der Waals surface area contributed by atoms with Gasteiger partial charge in [0.2, 0.25) is 0 Å². The van der Waals surface area contributed by atoms with E-state index >= 15 is 0 Å². The standard InChI is InChI=1S/C8H17NO2S/c1-7-3-4-9-8(5-11-2)6-12(7)10/h7-9H,3-6H2,1-2H3. The van der Waals surface area contributed by atoms with Gasteiger partial charge in [-0.25, -0.2) is 0 Å². The van der Waals surface area contributed by atoms with Gasteiger partial charge in [0, 0.05) is 35.0 Å². The molecule has 0 spiro atoms. The lowest BCUT2D eigenvalue weighted by molar-refractivity contribution is 0.174. The molecule has 1 rings (SSSR count). The Morgan fingerprint density at radius 2 is 2.42 bits per heavy atom. The molecular weight excluding hydrogens is 174 g/mol. The van der Waals surface area contributed by atoms with Crippen LogP contribution < -0.4 is 5.32 Å². The fraction of sp³-hybridized carbons (Fsp3) is 1.00. The van der Waals surface area contributed by atoms with Crippen molar-refractivity contribution in [3.8, 4) is 0 Å². The predicted molar refractivity (Wildman–Crippen MR) is 50.8 cm³/mol. The van der Waals surface area contributed by atoms with E-state index in [2.05, 4.69) is 5.32 Å². The summed E-state index contributed by atoms with van der Waals surface area (Å²) >= 11 is 0. The molecular formula is C8H17NO2S. The van der Waals surface area contributed by atoms with E-state index < -0.39 is 10.8 Å². The summed E-state index contributed by atoms with van der Waals surface area (Å²) < 4.78 is 16.5. The van der Waals surface area contributed by atoms with Crippen molar-refractivity contribution in [1.82, 2.24) is 5.32 Å². The van der Waals surface area contributed by atoms with Crippen molar-refractivity contribution >= 4 is 10.8 Å². The third-order valence-corrected chi connectivity index (χ3v) is 4.03. The first-order valence-corrected chi connectivity index (χ1v) is 5.71. The molecule has 0 radical (unpaired) electrons. The Labute approximate surface area is 76.3 Å². The van der Waals surface area contributed by atoms with Crippen molar-refractivity contribution in [3.63, 3.8) is 0 Å². The molecule has 1 N–H and O–H groups in total. The molecule has 0 saturated carbocycles. The highest BCUT2D eigenvalue weighted by atomic mass is 32.2. The van der Waals surface area contributed by atoms with E-state index in [1.54, 1.807) is 7.11 Å². The maximum atomic E-state index is 11.5. The number of hydrogen-bond acceptors (Lipinski definition) is 3. The molecule has 12 heavy (non-hydrogen) atoms. The number of nitrogens with one attached hydrogen (secondary N) is 1. The Hall–Kier alpha value is 0.0700. The minimum atomic E-state index is -0.676. The van der Waals surface area contributed by atoms with E-state index in [4.69, 9.17) is 4.74 Å². The molecule has 0 aromatic carbocycles. The zero-order valence-electron chi connectivity index (χ0n) is 7.71. The van der Waals surface area contributed by atoms with Crippen molar-refractivity contribution < 1.29 is 8.95 Å². The summed E-state index contributed by atoms with van der Waals surface area (Å²) in [7, 11) is 1.00. The predicted octanol–water partition coefficient (Wildman–Crippen LogP) is 0.132. The first kappa shape index (κ1) is 10.2. The Morgan fingerprint density at radius 3 is 3.08 bits per heavy atom. The molecule has 0 aromatic heterocycles. The van der Waals surface area contributed by atoms with E-state index in [1.165, 1.54) is 0 Å². The molecule has 3 nitrogen and oxygen atoms in total. The van der Waals surface area contributed by atoms with E-state index in [-0.39, 0.29) is 6.04 Å². The normalized spacial score (nSPS) is 37.7. The molecule has 0 amide bonds. The van der Waals surface area contributed by atoms with E-state index in [9.17, 15) is 4.21 Å². The maximum absolute atomic E-state index is 11.5. The molecule has 1 aliphatic heterocycles. The lowest BCUT2D eigenvalue weighted by atomic mass is 10.3. The van der Waals surface area contributed by atoms with Crippen LogP contribution in [0, 0.1) is 0 Å². The van der Waals surface area contributed by atoms with Gasteiger partial charge in [-0.05, 0) is 13.0 Å². The summed E-state index contributed by atoms with van der Waals surface area (Å²) in [6.45, 7) is 3.67. The van der Waals surface area contributed by atoms with Crippen LogP contribution in [0.2, 0.25) is 0 Å². The van der Waals surface area contributed by atoms with Crippen LogP contribution in [0.1, 0.15) is 13.3 Å². The zero-order valence-corrected chi connectivity index (χ0v) is 8.52. The van der Waals surface area contributed by atoms with Gasteiger partial charge in [0.25, 0.3) is 0 Å². The van der Waals surface area contributed by atoms with Crippen LogP contribution in [-0.2, 0) is 15.5 Å². The summed E-state index contributed by atoms with van der Waals surface area (Å²) in [5, 5.41) is 3.66. The third kappa shape index (κ3) is 2.84. The highest BCUT2D eigenvalue weighted by Crippen LogP contribution is 2.07. The van der Waals surface area contributed by atoms with Gasteiger partial charge in [-0.1, -0.05) is 6.92 Å².